The number of hydrogen-bond acceptors (Lipinski definition) is 5. The van der Waals surface area contributed by atoms with E-state index in [4.69, 9.17) is 25.5 Å². The predicted octanol–water partition coefficient (Wildman–Crippen LogP) is 3.07. The van der Waals surface area contributed by atoms with Crippen molar-refractivity contribution < 1.29 is 13.9 Å². The van der Waals surface area contributed by atoms with Crippen LogP contribution >= 0.6 is 11.6 Å². The highest BCUT2D eigenvalue weighted by Gasteiger charge is 2.32. The molecule has 1 aliphatic rings. The maximum absolute atomic E-state index is 6.14. The molecule has 2 heterocycles. The molecule has 0 saturated carbocycles. The van der Waals surface area contributed by atoms with E-state index >= 15 is 0 Å². The predicted molar refractivity (Wildman–Crippen MR) is 78.9 cm³/mol. The number of rotatable bonds is 5. The minimum absolute atomic E-state index is 0.245. The van der Waals surface area contributed by atoms with Gasteiger partial charge in [-0.2, -0.15) is 0 Å². The fourth-order valence-electron chi connectivity index (χ4n) is 2.53. The molecule has 0 aliphatic carbocycles. The Morgan fingerprint density at radius 3 is 3.00 bits per heavy atom. The van der Waals surface area contributed by atoms with E-state index in [2.05, 4.69) is 10.3 Å². The molecular formula is C15H17ClN2O3. The zero-order chi connectivity index (χ0) is 14.7. The lowest BCUT2D eigenvalue weighted by Gasteiger charge is -2.22. The molecule has 1 N–H and O–H groups in total. The highest BCUT2D eigenvalue weighted by molar-refractivity contribution is 6.30. The summed E-state index contributed by atoms with van der Waals surface area (Å²) in [7, 11) is 1.59. The summed E-state index contributed by atoms with van der Waals surface area (Å²) in [6, 6.07) is 5.31. The van der Waals surface area contributed by atoms with Gasteiger partial charge in [0.15, 0.2) is 17.6 Å². The molecule has 21 heavy (non-hydrogen) atoms. The van der Waals surface area contributed by atoms with Gasteiger partial charge in [-0.05, 0) is 25.1 Å². The van der Waals surface area contributed by atoms with Crippen molar-refractivity contribution in [3.8, 4) is 11.5 Å². The molecule has 1 fully saturated rings. The van der Waals surface area contributed by atoms with E-state index in [1.54, 1.807) is 37.8 Å². The van der Waals surface area contributed by atoms with E-state index in [1.165, 1.54) is 0 Å². The molecule has 0 bridgehead atoms. The first kappa shape index (κ1) is 14.2. The normalized spacial score (nSPS) is 19.4. The van der Waals surface area contributed by atoms with Crippen LogP contribution in [0.4, 0.5) is 0 Å². The second kappa shape index (κ2) is 6.37. The fraction of sp³-hybridized carbons (Fsp3) is 0.400. The van der Waals surface area contributed by atoms with Crippen LogP contribution in [0.3, 0.4) is 0 Å². The maximum Gasteiger partial charge on any atom is 0.235 e. The van der Waals surface area contributed by atoms with Crippen molar-refractivity contribution in [2.75, 3.05) is 20.2 Å². The summed E-state index contributed by atoms with van der Waals surface area (Å²) in [4.78, 5) is 4.24. The van der Waals surface area contributed by atoms with Crippen molar-refractivity contribution in [1.82, 2.24) is 10.3 Å². The number of ether oxygens (including phenoxy) is 2. The minimum atomic E-state index is -0.245. The number of halogens is 1. The Kier molecular flexibility index (Phi) is 4.31. The van der Waals surface area contributed by atoms with Gasteiger partial charge in [0.2, 0.25) is 5.89 Å². The van der Waals surface area contributed by atoms with E-state index in [9.17, 15) is 0 Å². The van der Waals surface area contributed by atoms with Crippen molar-refractivity contribution in [2.45, 2.75) is 12.5 Å². The summed E-state index contributed by atoms with van der Waals surface area (Å²) < 4.78 is 16.9. The Balaban J connectivity index is 1.87. The van der Waals surface area contributed by atoms with E-state index < -0.39 is 0 Å². The molecule has 1 aliphatic heterocycles. The van der Waals surface area contributed by atoms with Gasteiger partial charge in [-0.25, -0.2) is 4.98 Å². The smallest absolute Gasteiger partial charge is 0.235 e. The van der Waals surface area contributed by atoms with Gasteiger partial charge in [0.1, 0.15) is 6.26 Å². The van der Waals surface area contributed by atoms with Crippen molar-refractivity contribution >= 4 is 11.6 Å². The van der Waals surface area contributed by atoms with Gasteiger partial charge in [0, 0.05) is 23.6 Å². The van der Waals surface area contributed by atoms with E-state index in [1.807, 2.05) is 0 Å². The first-order chi connectivity index (χ1) is 10.3. The maximum atomic E-state index is 6.14. The molecule has 5 nitrogen and oxygen atoms in total. The highest BCUT2D eigenvalue weighted by Crippen LogP contribution is 2.37. The van der Waals surface area contributed by atoms with Gasteiger partial charge >= 0.3 is 0 Å². The largest absolute Gasteiger partial charge is 0.493 e. The Hall–Kier alpha value is -1.72. The van der Waals surface area contributed by atoms with E-state index in [0.717, 1.165) is 19.5 Å². The summed E-state index contributed by atoms with van der Waals surface area (Å²) in [5, 5.41) is 3.94. The monoisotopic (exact) mass is 308 g/mol. The molecule has 6 heteroatoms. The van der Waals surface area contributed by atoms with Crippen LogP contribution < -0.4 is 14.8 Å². The molecule has 3 rings (SSSR count). The van der Waals surface area contributed by atoms with Crippen LogP contribution in [0.2, 0.25) is 5.02 Å². The van der Waals surface area contributed by atoms with Crippen LogP contribution in [-0.4, -0.2) is 25.2 Å². The zero-order valence-corrected chi connectivity index (χ0v) is 12.5. The van der Waals surface area contributed by atoms with Crippen molar-refractivity contribution in [3.63, 3.8) is 0 Å². The zero-order valence-electron chi connectivity index (χ0n) is 11.7. The summed E-state index contributed by atoms with van der Waals surface area (Å²) in [6.45, 7) is 1.85. The van der Waals surface area contributed by atoms with Crippen LogP contribution in [-0.2, 0) is 0 Å². The first-order valence-electron chi connectivity index (χ1n) is 6.88. The van der Waals surface area contributed by atoms with Gasteiger partial charge in [0.05, 0.1) is 13.3 Å². The standard InChI is InChI=1S/C15H17ClN2O3/c1-19-13-8-11(16)2-3-12(13)21-14(10-4-5-17-9-10)15-18-6-7-20-15/h2-3,6-8,10,14,17H,4-5,9H2,1H3/t10-,14+/m1/s1. The summed E-state index contributed by atoms with van der Waals surface area (Å²) in [5.74, 6) is 2.13. The van der Waals surface area contributed by atoms with Crippen molar-refractivity contribution in [1.29, 1.82) is 0 Å². The lowest BCUT2D eigenvalue weighted by molar-refractivity contribution is 0.110. The molecular weight excluding hydrogens is 292 g/mol. The molecule has 1 aromatic heterocycles. The molecule has 1 aromatic carbocycles. The van der Waals surface area contributed by atoms with E-state index in [-0.39, 0.29) is 6.10 Å². The number of aromatic nitrogens is 1. The lowest BCUT2D eigenvalue weighted by atomic mass is 10.0. The van der Waals surface area contributed by atoms with Crippen LogP contribution in [0.1, 0.15) is 18.4 Å². The number of nitrogens with zero attached hydrogens (tertiary/aromatic N) is 1. The third-order valence-electron chi connectivity index (χ3n) is 3.60. The van der Waals surface area contributed by atoms with Crippen LogP contribution in [0, 0.1) is 5.92 Å². The van der Waals surface area contributed by atoms with Crippen molar-refractivity contribution in [3.05, 3.63) is 41.6 Å². The van der Waals surface area contributed by atoms with Gasteiger partial charge in [-0.1, -0.05) is 11.6 Å². The van der Waals surface area contributed by atoms with Gasteiger partial charge in [0.25, 0.3) is 0 Å². The molecule has 0 amide bonds. The number of oxazole rings is 1. The van der Waals surface area contributed by atoms with Crippen LogP contribution in [0.15, 0.2) is 35.1 Å². The molecule has 2 atom stereocenters. The Labute approximate surface area is 128 Å². The second-order valence-electron chi connectivity index (χ2n) is 4.96. The summed E-state index contributed by atoms with van der Waals surface area (Å²) in [6.07, 6.45) is 3.97. The number of nitrogens with one attached hydrogen (secondary N) is 1. The molecule has 112 valence electrons. The lowest BCUT2D eigenvalue weighted by Crippen LogP contribution is -2.21. The summed E-state index contributed by atoms with van der Waals surface area (Å²) in [5.41, 5.74) is 0. The van der Waals surface area contributed by atoms with Gasteiger partial charge in [-0.15, -0.1) is 0 Å². The fourth-order valence-corrected chi connectivity index (χ4v) is 2.70. The Bertz CT molecular complexity index is 583. The van der Waals surface area contributed by atoms with E-state index in [0.29, 0.717) is 28.3 Å². The molecule has 1 saturated heterocycles. The topological polar surface area (TPSA) is 56.5 Å². The van der Waals surface area contributed by atoms with Crippen LogP contribution in [0.5, 0.6) is 11.5 Å². The first-order valence-corrected chi connectivity index (χ1v) is 7.26. The number of hydrogen-bond donors (Lipinski definition) is 1. The summed E-state index contributed by atoms with van der Waals surface area (Å²) >= 11 is 5.98. The molecule has 0 radical (unpaired) electrons. The third kappa shape index (κ3) is 3.14. The SMILES string of the molecule is COc1cc(Cl)ccc1O[C@H](c1ncco1)[C@@H]1CCNC1. The Morgan fingerprint density at radius 1 is 1.43 bits per heavy atom. The molecule has 2 aromatic rings. The Morgan fingerprint density at radius 2 is 2.33 bits per heavy atom. The second-order valence-corrected chi connectivity index (χ2v) is 5.39. The van der Waals surface area contributed by atoms with Gasteiger partial charge in [-0.3, -0.25) is 0 Å². The quantitative estimate of drug-likeness (QED) is 0.920. The van der Waals surface area contributed by atoms with Gasteiger partial charge < -0.3 is 19.2 Å². The third-order valence-corrected chi connectivity index (χ3v) is 3.84. The van der Waals surface area contributed by atoms with Crippen LogP contribution in [0.25, 0.3) is 0 Å². The highest BCUT2D eigenvalue weighted by atomic mass is 35.5. The average Bonchev–Trinajstić information content (AvgIpc) is 3.19. The molecule has 0 unspecified atom stereocenters. The average molecular weight is 309 g/mol. The minimum Gasteiger partial charge on any atom is -0.493 e. The number of benzene rings is 1. The number of methoxy groups -OCH3 is 1. The van der Waals surface area contributed by atoms with Crippen molar-refractivity contribution in [2.24, 2.45) is 5.92 Å². The molecule has 0 spiro atoms.